The summed E-state index contributed by atoms with van der Waals surface area (Å²) in [5, 5.41) is 10.6. The van der Waals surface area contributed by atoms with Crippen molar-refractivity contribution < 1.29 is 4.86 Å². The summed E-state index contributed by atoms with van der Waals surface area (Å²) in [7, 11) is 0. The molecule has 0 unspecified atom stereocenters. The van der Waals surface area contributed by atoms with Crippen molar-refractivity contribution in [3.63, 3.8) is 0 Å². The molecule has 1 rings (SSSR count). The molecule has 5 heteroatoms. The van der Waals surface area contributed by atoms with Gasteiger partial charge in [0.2, 0.25) is 5.69 Å². The van der Waals surface area contributed by atoms with Crippen LogP contribution in [0.2, 0.25) is 0 Å². The number of rotatable bonds is 1. The molecular formula is C6H6Cl2N2O. The van der Waals surface area contributed by atoms with Gasteiger partial charge in [0.15, 0.2) is 0 Å². The molecule has 0 bridgehead atoms. The number of hydrogen-bond donors (Lipinski definition) is 0. The standard InChI is InChI=1S/C6H5ClN2O.ClH/c7-8-9(10)6-4-2-1-3-5-6;/h1-5H;1H. The van der Waals surface area contributed by atoms with E-state index in [2.05, 4.69) is 4.63 Å². The van der Waals surface area contributed by atoms with Crippen LogP contribution >= 0.6 is 24.2 Å². The van der Waals surface area contributed by atoms with Crippen molar-refractivity contribution in [2.75, 3.05) is 0 Å². The number of benzene rings is 1. The van der Waals surface area contributed by atoms with Crippen molar-refractivity contribution in [2.45, 2.75) is 0 Å². The number of halogens is 2. The third-order valence-corrected chi connectivity index (χ3v) is 1.18. The lowest BCUT2D eigenvalue weighted by Gasteiger charge is -1.93. The van der Waals surface area contributed by atoms with E-state index in [-0.39, 0.29) is 12.4 Å². The van der Waals surface area contributed by atoms with Crippen molar-refractivity contribution in [1.29, 1.82) is 0 Å². The summed E-state index contributed by atoms with van der Waals surface area (Å²) in [6.07, 6.45) is 0. The Balaban J connectivity index is 0.000001000. The second kappa shape index (κ2) is 4.93. The molecule has 0 radical (unpaired) electrons. The first-order valence-corrected chi connectivity index (χ1v) is 3.02. The zero-order valence-corrected chi connectivity index (χ0v) is 7.05. The third-order valence-electron chi connectivity index (χ3n) is 1.05. The molecule has 3 nitrogen and oxygen atoms in total. The van der Waals surface area contributed by atoms with Crippen LogP contribution in [-0.4, -0.2) is 4.86 Å². The summed E-state index contributed by atoms with van der Waals surface area (Å²) in [4.78, 5) is 0.349. The van der Waals surface area contributed by atoms with Gasteiger partial charge in [-0.2, -0.15) is 0 Å². The summed E-state index contributed by atoms with van der Waals surface area (Å²) in [6, 6.07) is 8.54. The summed E-state index contributed by atoms with van der Waals surface area (Å²) in [6.45, 7) is 0. The topological polar surface area (TPSA) is 38.4 Å². The maximum absolute atomic E-state index is 10.6. The van der Waals surface area contributed by atoms with Crippen LogP contribution in [0.4, 0.5) is 5.69 Å². The lowest BCUT2D eigenvalue weighted by Crippen LogP contribution is -1.86. The molecule has 0 saturated carbocycles. The molecule has 0 saturated heterocycles. The van der Waals surface area contributed by atoms with Gasteiger partial charge in [-0.25, -0.2) is 0 Å². The van der Waals surface area contributed by atoms with E-state index in [0.717, 1.165) is 0 Å². The molecule has 0 N–H and O–H groups in total. The molecule has 0 atom stereocenters. The second-order valence-electron chi connectivity index (χ2n) is 1.68. The minimum atomic E-state index is 0. The predicted molar refractivity (Wildman–Crippen MR) is 45.3 cm³/mol. The van der Waals surface area contributed by atoms with Gasteiger partial charge in [0, 0.05) is 12.1 Å². The molecule has 0 spiro atoms. The van der Waals surface area contributed by atoms with Crippen LogP contribution in [0, 0.1) is 5.21 Å². The highest BCUT2D eigenvalue weighted by atomic mass is 35.5. The van der Waals surface area contributed by atoms with Crippen molar-refractivity contribution in [3.05, 3.63) is 35.5 Å². The van der Waals surface area contributed by atoms with Crippen molar-refractivity contribution >= 4 is 29.9 Å². The van der Waals surface area contributed by atoms with Crippen LogP contribution < -0.4 is 0 Å². The molecule has 60 valence electrons. The number of hydrogen-bond acceptors (Lipinski definition) is 2. The van der Waals surface area contributed by atoms with Crippen LogP contribution in [0.3, 0.4) is 0 Å². The average Bonchev–Trinajstić information content (AvgIpc) is 2.05. The Hall–Kier alpha value is -0.800. The van der Waals surface area contributed by atoms with Gasteiger partial charge in [0.1, 0.15) is 11.8 Å². The molecule has 0 amide bonds. The van der Waals surface area contributed by atoms with Gasteiger partial charge < -0.3 is 5.21 Å². The quantitative estimate of drug-likeness (QED) is 0.384. The largest absolute Gasteiger partial charge is 0.593 e. The molecule has 0 fully saturated rings. The SMILES string of the molecule is Cl.[O-][N+](=NCl)c1ccccc1. The maximum atomic E-state index is 10.6. The number of nitrogens with zero attached hydrogens (tertiary/aromatic N) is 2. The van der Waals surface area contributed by atoms with Crippen molar-refractivity contribution in [3.8, 4) is 0 Å². The molecule has 0 aliphatic heterocycles. The Morgan fingerprint density at radius 2 is 1.82 bits per heavy atom. The van der Waals surface area contributed by atoms with Gasteiger partial charge in [-0.3, -0.25) is 0 Å². The lowest BCUT2D eigenvalue weighted by atomic mass is 10.3. The smallest absolute Gasteiger partial charge is 0.246 e. The summed E-state index contributed by atoms with van der Waals surface area (Å²) < 4.78 is 2.91. The highest BCUT2D eigenvalue weighted by molar-refractivity contribution is 6.13. The predicted octanol–water partition coefficient (Wildman–Crippen LogP) is 2.86. The molecule has 0 aromatic heterocycles. The zero-order chi connectivity index (χ0) is 7.40. The normalized spacial score (nSPS) is 10.5. The fourth-order valence-corrected chi connectivity index (χ4v) is 0.686. The minimum Gasteiger partial charge on any atom is -0.593 e. The first-order chi connectivity index (χ1) is 4.84. The first-order valence-electron chi connectivity index (χ1n) is 2.69. The Kier molecular flexibility index (Phi) is 4.57. The summed E-state index contributed by atoms with van der Waals surface area (Å²) in [5.74, 6) is 0. The van der Waals surface area contributed by atoms with Gasteiger partial charge in [0.05, 0.1) is 4.63 Å². The first kappa shape index (κ1) is 10.2. The minimum absolute atomic E-state index is 0. The van der Waals surface area contributed by atoms with Gasteiger partial charge in [-0.05, 0) is 4.86 Å². The summed E-state index contributed by atoms with van der Waals surface area (Å²) in [5.41, 5.74) is 0.428. The van der Waals surface area contributed by atoms with Gasteiger partial charge >= 0.3 is 0 Å². The van der Waals surface area contributed by atoms with Crippen LogP contribution in [0.15, 0.2) is 35.0 Å². The van der Waals surface area contributed by atoms with Crippen molar-refractivity contribution in [2.24, 2.45) is 4.63 Å². The molecule has 0 heterocycles. The number of para-hydroxylation sites is 1. The Morgan fingerprint density at radius 3 is 2.27 bits per heavy atom. The Morgan fingerprint density at radius 1 is 1.27 bits per heavy atom. The molecule has 11 heavy (non-hydrogen) atoms. The van der Waals surface area contributed by atoms with Crippen LogP contribution in [0.5, 0.6) is 0 Å². The van der Waals surface area contributed by atoms with E-state index >= 15 is 0 Å². The zero-order valence-electron chi connectivity index (χ0n) is 5.48. The second-order valence-corrected chi connectivity index (χ2v) is 1.84. The van der Waals surface area contributed by atoms with Crippen molar-refractivity contribution in [1.82, 2.24) is 0 Å². The third kappa shape index (κ3) is 2.74. The van der Waals surface area contributed by atoms with E-state index < -0.39 is 0 Å². The Labute approximate surface area is 75.4 Å². The fourth-order valence-electron chi connectivity index (χ4n) is 0.599. The average molecular weight is 193 g/mol. The van der Waals surface area contributed by atoms with Gasteiger partial charge in [-0.1, -0.05) is 18.2 Å². The van der Waals surface area contributed by atoms with E-state index in [1.54, 1.807) is 24.3 Å². The highest BCUT2D eigenvalue weighted by Crippen LogP contribution is 2.09. The molecule has 0 aliphatic carbocycles. The van der Waals surface area contributed by atoms with E-state index in [1.165, 1.54) is 0 Å². The van der Waals surface area contributed by atoms with Crippen LogP contribution in [0.1, 0.15) is 0 Å². The molecule has 0 aliphatic rings. The van der Waals surface area contributed by atoms with Crippen LogP contribution in [-0.2, 0) is 0 Å². The maximum Gasteiger partial charge on any atom is 0.246 e. The highest BCUT2D eigenvalue weighted by Gasteiger charge is 1.97. The monoisotopic (exact) mass is 192 g/mol. The van der Waals surface area contributed by atoms with Crippen LogP contribution in [0.25, 0.3) is 0 Å². The molecule has 1 aromatic carbocycles. The van der Waals surface area contributed by atoms with Gasteiger partial charge in [0.25, 0.3) is 0 Å². The van der Waals surface area contributed by atoms with E-state index in [4.69, 9.17) is 11.8 Å². The van der Waals surface area contributed by atoms with E-state index in [9.17, 15) is 5.21 Å². The van der Waals surface area contributed by atoms with E-state index in [1.807, 2.05) is 6.07 Å². The van der Waals surface area contributed by atoms with Gasteiger partial charge in [-0.15, -0.1) is 12.4 Å². The van der Waals surface area contributed by atoms with E-state index in [0.29, 0.717) is 10.5 Å². The fraction of sp³-hybridized carbons (Fsp3) is 0. The summed E-state index contributed by atoms with van der Waals surface area (Å²) >= 11 is 4.92. The molecule has 1 aromatic rings. The lowest BCUT2D eigenvalue weighted by molar-refractivity contribution is -0.430. The molecular weight excluding hydrogens is 187 g/mol. The Bertz CT molecular complexity index is 238.